The van der Waals surface area contributed by atoms with E-state index >= 15 is 0 Å². The molecule has 150 valence electrons. The van der Waals surface area contributed by atoms with Gasteiger partial charge in [-0.2, -0.15) is 5.10 Å². The Kier molecular flexibility index (Phi) is 4.81. The van der Waals surface area contributed by atoms with Gasteiger partial charge in [-0.05, 0) is 35.6 Å². The van der Waals surface area contributed by atoms with Gasteiger partial charge in [-0.25, -0.2) is 4.52 Å². The summed E-state index contributed by atoms with van der Waals surface area (Å²) >= 11 is 6.18. The molecule has 1 aliphatic rings. The maximum absolute atomic E-state index is 12.9. The molecule has 0 aliphatic heterocycles. The molecule has 0 spiro atoms. The lowest BCUT2D eigenvalue weighted by Gasteiger charge is -2.23. The molecule has 0 N–H and O–H groups in total. The van der Waals surface area contributed by atoms with Crippen LogP contribution in [0.5, 0.6) is 0 Å². The lowest BCUT2D eigenvalue weighted by Crippen LogP contribution is -2.24. The van der Waals surface area contributed by atoms with Gasteiger partial charge in [0.1, 0.15) is 0 Å². The lowest BCUT2D eigenvalue weighted by atomic mass is 9.83. The van der Waals surface area contributed by atoms with Gasteiger partial charge in [-0.1, -0.05) is 54.1 Å². The van der Waals surface area contributed by atoms with Gasteiger partial charge < -0.3 is 4.74 Å². The number of fused-ring (bicyclic) bond motifs is 3. The number of carbonyl (C=O) groups excluding carboxylic acids is 1. The van der Waals surface area contributed by atoms with Crippen molar-refractivity contribution < 1.29 is 9.53 Å². The van der Waals surface area contributed by atoms with Crippen LogP contribution in [0, 0.1) is 0 Å². The van der Waals surface area contributed by atoms with E-state index in [0.29, 0.717) is 35.8 Å². The normalized spacial score (nSPS) is 16.1. The van der Waals surface area contributed by atoms with E-state index in [4.69, 9.17) is 21.4 Å². The van der Waals surface area contributed by atoms with Crippen molar-refractivity contribution in [3.8, 4) is 11.1 Å². The molecule has 0 bridgehead atoms. The molecule has 2 aromatic carbocycles. The summed E-state index contributed by atoms with van der Waals surface area (Å²) in [6.07, 6.45) is 1.01. The van der Waals surface area contributed by atoms with Gasteiger partial charge in [0.2, 0.25) is 0 Å². The maximum Gasteiger partial charge on any atom is 0.185 e. The quantitative estimate of drug-likeness (QED) is 0.488. The third kappa shape index (κ3) is 3.18. The number of hydrogen-bond acceptors (Lipinski definition) is 5. The number of aromatic nitrogens is 4. The Bertz CT molecular complexity index is 1250. The summed E-state index contributed by atoms with van der Waals surface area (Å²) in [7, 11) is 1.64. The van der Waals surface area contributed by atoms with Crippen molar-refractivity contribution in [1.29, 1.82) is 0 Å². The molecular formula is C23H19ClN4O2. The second-order valence-corrected chi connectivity index (χ2v) is 7.87. The van der Waals surface area contributed by atoms with Crippen LogP contribution in [0.25, 0.3) is 16.8 Å². The van der Waals surface area contributed by atoms with E-state index in [9.17, 15) is 4.79 Å². The highest BCUT2D eigenvalue weighted by molar-refractivity contribution is 6.30. The predicted molar refractivity (Wildman–Crippen MR) is 114 cm³/mol. The smallest absolute Gasteiger partial charge is 0.185 e. The van der Waals surface area contributed by atoms with E-state index in [2.05, 4.69) is 10.2 Å². The molecule has 6 nitrogen and oxygen atoms in total. The fourth-order valence-electron chi connectivity index (χ4n) is 4.15. The standard InChI is InChI=1S/C23H19ClN4O2/c1-30-13-18-21(14-6-3-2-4-7-14)23-26-25-22-19(28(23)27-18)11-16(12-20(22)29)15-8-5-9-17(24)10-15/h2-10,16H,11-13H2,1H3/t16-/m1/s1. The summed E-state index contributed by atoms with van der Waals surface area (Å²) in [5, 5.41) is 14.1. The first-order valence-corrected chi connectivity index (χ1v) is 10.1. The van der Waals surface area contributed by atoms with E-state index in [1.54, 1.807) is 11.6 Å². The van der Waals surface area contributed by atoms with E-state index in [1.807, 2.05) is 54.6 Å². The van der Waals surface area contributed by atoms with Crippen LogP contribution in [0.2, 0.25) is 5.02 Å². The Morgan fingerprint density at radius 1 is 1.10 bits per heavy atom. The molecule has 0 unspecified atom stereocenters. The predicted octanol–water partition coefficient (Wildman–Crippen LogP) is 4.50. The highest BCUT2D eigenvalue weighted by Gasteiger charge is 2.32. The van der Waals surface area contributed by atoms with Crippen LogP contribution in [-0.4, -0.2) is 32.7 Å². The molecule has 0 radical (unpaired) electrons. The zero-order chi connectivity index (χ0) is 20.7. The van der Waals surface area contributed by atoms with Gasteiger partial charge >= 0.3 is 0 Å². The van der Waals surface area contributed by atoms with Gasteiger partial charge in [0, 0.05) is 18.6 Å². The SMILES string of the molecule is COCc1nn2c3c(nnc2c1-c1ccccc1)C(=O)C[C@H](c1cccc(Cl)c1)C3. The van der Waals surface area contributed by atoms with Crippen LogP contribution < -0.4 is 0 Å². The van der Waals surface area contributed by atoms with Gasteiger partial charge in [-0.3, -0.25) is 4.79 Å². The number of ketones is 1. The Morgan fingerprint density at radius 2 is 1.93 bits per heavy atom. The minimum absolute atomic E-state index is 0.0198. The van der Waals surface area contributed by atoms with Gasteiger partial charge in [-0.15, -0.1) is 10.2 Å². The second kappa shape index (κ2) is 7.63. The summed E-state index contributed by atoms with van der Waals surface area (Å²) in [6.45, 7) is 0.341. The van der Waals surface area contributed by atoms with E-state index in [-0.39, 0.29) is 11.7 Å². The number of hydrogen-bond donors (Lipinski definition) is 0. The Morgan fingerprint density at radius 3 is 2.70 bits per heavy atom. The van der Waals surface area contributed by atoms with Crippen LogP contribution in [-0.2, 0) is 17.8 Å². The average Bonchev–Trinajstić information content (AvgIpc) is 3.13. The first-order chi connectivity index (χ1) is 14.7. The average molecular weight is 419 g/mol. The van der Waals surface area contributed by atoms with E-state index < -0.39 is 0 Å². The van der Waals surface area contributed by atoms with Crippen LogP contribution in [0.4, 0.5) is 0 Å². The van der Waals surface area contributed by atoms with Crippen molar-refractivity contribution in [2.24, 2.45) is 0 Å². The number of methoxy groups -OCH3 is 1. The molecular weight excluding hydrogens is 400 g/mol. The number of benzene rings is 2. The third-order valence-corrected chi connectivity index (χ3v) is 5.74. The highest BCUT2D eigenvalue weighted by Crippen LogP contribution is 2.35. The first kappa shape index (κ1) is 18.9. The van der Waals surface area contributed by atoms with Crippen LogP contribution in [0.15, 0.2) is 54.6 Å². The number of halogens is 1. The van der Waals surface area contributed by atoms with Crippen molar-refractivity contribution in [3.63, 3.8) is 0 Å². The van der Waals surface area contributed by atoms with Crippen LogP contribution in [0.1, 0.15) is 39.8 Å². The fraction of sp³-hybridized carbons (Fsp3) is 0.217. The first-order valence-electron chi connectivity index (χ1n) is 9.76. The second-order valence-electron chi connectivity index (χ2n) is 7.43. The molecule has 30 heavy (non-hydrogen) atoms. The minimum Gasteiger partial charge on any atom is -0.378 e. The van der Waals surface area contributed by atoms with Crippen LogP contribution in [0.3, 0.4) is 0 Å². The number of nitrogens with zero attached hydrogens (tertiary/aromatic N) is 4. The Labute approximate surface area is 178 Å². The molecule has 5 rings (SSSR count). The summed E-state index contributed by atoms with van der Waals surface area (Å²) < 4.78 is 7.15. The number of rotatable bonds is 4. The molecule has 0 saturated carbocycles. The molecule has 0 amide bonds. The zero-order valence-corrected chi connectivity index (χ0v) is 17.1. The number of ether oxygens (including phenoxy) is 1. The molecule has 1 atom stereocenters. The van der Waals surface area contributed by atoms with Crippen molar-refractivity contribution in [3.05, 3.63) is 82.3 Å². The molecule has 2 heterocycles. The summed E-state index contributed by atoms with van der Waals surface area (Å²) in [4.78, 5) is 12.9. The minimum atomic E-state index is -0.0271. The Hall–Kier alpha value is -3.09. The number of carbonyl (C=O) groups is 1. The third-order valence-electron chi connectivity index (χ3n) is 5.51. The van der Waals surface area contributed by atoms with Crippen molar-refractivity contribution >= 4 is 23.0 Å². The summed E-state index contributed by atoms with van der Waals surface area (Å²) in [5.41, 5.74) is 5.48. The van der Waals surface area contributed by atoms with Crippen molar-refractivity contribution in [2.45, 2.75) is 25.4 Å². The topological polar surface area (TPSA) is 69.4 Å². The number of Topliss-reactive ketones (excluding diaryl/α,β-unsaturated/α-hetero) is 1. The Balaban J connectivity index is 1.68. The largest absolute Gasteiger partial charge is 0.378 e. The molecule has 7 heteroatoms. The van der Waals surface area contributed by atoms with Crippen LogP contribution >= 0.6 is 11.6 Å². The molecule has 0 saturated heterocycles. The monoisotopic (exact) mass is 418 g/mol. The lowest BCUT2D eigenvalue weighted by molar-refractivity contribution is 0.0955. The summed E-state index contributed by atoms with van der Waals surface area (Å²) in [6, 6.07) is 17.6. The molecule has 1 aliphatic carbocycles. The van der Waals surface area contributed by atoms with Gasteiger partial charge in [0.15, 0.2) is 17.1 Å². The molecule has 0 fully saturated rings. The zero-order valence-electron chi connectivity index (χ0n) is 16.4. The van der Waals surface area contributed by atoms with Gasteiger partial charge in [0.25, 0.3) is 0 Å². The maximum atomic E-state index is 12.9. The van der Waals surface area contributed by atoms with Gasteiger partial charge in [0.05, 0.1) is 23.6 Å². The highest BCUT2D eigenvalue weighted by atomic mass is 35.5. The molecule has 4 aromatic rings. The van der Waals surface area contributed by atoms with E-state index in [1.165, 1.54) is 0 Å². The molecule has 2 aromatic heterocycles. The van der Waals surface area contributed by atoms with Crippen molar-refractivity contribution in [1.82, 2.24) is 19.8 Å². The van der Waals surface area contributed by atoms with Crippen molar-refractivity contribution in [2.75, 3.05) is 7.11 Å². The summed E-state index contributed by atoms with van der Waals surface area (Å²) in [5.74, 6) is -0.00738. The fourth-order valence-corrected chi connectivity index (χ4v) is 4.35. The van der Waals surface area contributed by atoms with E-state index in [0.717, 1.165) is 28.1 Å².